The number of hydrogen-bond donors (Lipinski definition) is 0. The molecule has 0 atom stereocenters. The van der Waals surface area contributed by atoms with E-state index < -0.39 is 0 Å². The van der Waals surface area contributed by atoms with Crippen molar-refractivity contribution in [2.24, 2.45) is 0 Å². The first-order valence-corrected chi connectivity index (χ1v) is 12.8. The van der Waals surface area contributed by atoms with Gasteiger partial charge < -0.3 is 9.97 Å². The molecule has 0 fully saturated rings. The van der Waals surface area contributed by atoms with Gasteiger partial charge in [-0.2, -0.15) is 0 Å². The van der Waals surface area contributed by atoms with Crippen molar-refractivity contribution in [1.29, 1.82) is 0 Å². The van der Waals surface area contributed by atoms with Gasteiger partial charge in [-0.3, -0.25) is 0 Å². The summed E-state index contributed by atoms with van der Waals surface area (Å²) < 4.78 is 0. The zero-order valence-corrected chi connectivity index (χ0v) is 22.8. The van der Waals surface area contributed by atoms with Crippen LogP contribution in [-0.4, -0.2) is 9.97 Å². The summed E-state index contributed by atoms with van der Waals surface area (Å²) in [5.41, 5.74) is 7.44. The Bertz CT molecular complexity index is 2130. The fourth-order valence-corrected chi connectivity index (χ4v) is 6.05. The molecule has 8 bridgehead atoms. The summed E-state index contributed by atoms with van der Waals surface area (Å²) in [6.07, 6.45) is 0. The van der Waals surface area contributed by atoms with E-state index in [1.807, 2.05) is 0 Å². The minimum Gasteiger partial charge on any atom is -0.656 e. The minimum atomic E-state index is 0. The van der Waals surface area contributed by atoms with Crippen LogP contribution in [0.2, 0.25) is 0 Å². The van der Waals surface area contributed by atoms with Crippen LogP contribution >= 0.6 is 0 Å². The van der Waals surface area contributed by atoms with Crippen LogP contribution in [0.1, 0.15) is 0 Å². The molecule has 0 saturated carbocycles. The quantitative estimate of drug-likeness (QED) is 0.163. The van der Waals surface area contributed by atoms with Gasteiger partial charge in [-0.25, -0.2) is 9.97 Å². The normalized spacial score (nSPS) is 11.9. The molecule has 39 heavy (non-hydrogen) atoms. The summed E-state index contributed by atoms with van der Waals surface area (Å²) in [6.45, 7) is 0. The van der Waals surface area contributed by atoms with E-state index >= 15 is 0 Å². The van der Waals surface area contributed by atoms with E-state index in [1.165, 1.54) is 0 Å². The van der Waals surface area contributed by atoms with E-state index in [0.29, 0.717) is 0 Å². The second-order valence-corrected chi connectivity index (χ2v) is 9.85. The van der Waals surface area contributed by atoms with Crippen LogP contribution in [0.5, 0.6) is 0 Å². The largest absolute Gasteiger partial charge is 2.00 e. The third kappa shape index (κ3) is 3.10. The summed E-state index contributed by atoms with van der Waals surface area (Å²) in [4.78, 5) is 20.8. The number of benzene rings is 4. The Balaban J connectivity index is 0.00000235. The van der Waals surface area contributed by atoms with Gasteiger partial charge in [0.15, 0.2) is 0 Å². The molecular formula is C34H18N4Pt. The standard InChI is InChI=1S/C34H18N4.Pt/c1-7-19-20-8-2-12-24-29-17-6-18-30(36-29)26-14-4-10-22-21-9-3-13-25(33(21)38-34(22)26)28-16-5-15-27(35-28)23(11-1)31(19)37-32(20)24;/h1-18H;/q-2;+2. The van der Waals surface area contributed by atoms with E-state index in [-0.39, 0.29) is 21.1 Å². The smallest absolute Gasteiger partial charge is 0.656 e. The Morgan fingerprint density at radius 2 is 0.538 bits per heavy atom. The maximum Gasteiger partial charge on any atom is 2.00 e. The Labute approximate surface area is 236 Å². The predicted octanol–water partition coefficient (Wildman–Crippen LogP) is 8.18. The molecule has 184 valence electrons. The molecule has 0 amide bonds. The van der Waals surface area contributed by atoms with Crippen molar-refractivity contribution < 1.29 is 21.1 Å². The molecule has 5 aromatic heterocycles. The molecule has 0 N–H and O–H groups in total. The maximum absolute atomic E-state index is 5.21. The topological polar surface area (TPSA) is 54.0 Å². The Kier molecular flexibility index (Phi) is 4.74. The molecule has 0 aliphatic heterocycles. The van der Waals surface area contributed by atoms with Gasteiger partial charge in [0, 0.05) is 0 Å². The number of fused-ring (bicyclic) bond motifs is 10. The molecule has 0 radical (unpaired) electrons. The third-order valence-electron chi connectivity index (χ3n) is 7.77. The number of hydrogen-bond acceptors (Lipinski definition) is 2. The molecule has 4 aromatic carbocycles. The van der Waals surface area contributed by atoms with E-state index in [1.54, 1.807) is 0 Å². The van der Waals surface area contributed by atoms with E-state index in [9.17, 15) is 0 Å². The first-order chi connectivity index (χ1) is 18.8. The average molecular weight is 678 g/mol. The Morgan fingerprint density at radius 1 is 0.308 bits per heavy atom. The van der Waals surface area contributed by atoms with Crippen molar-refractivity contribution in [1.82, 2.24) is 19.9 Å². The number of nitrogens with zero attached hydrogens (tertiary/aromatic N) is 4. The van der Waals surface area contributed by atoms with Gasteiger partial charge in [0.25, 0.3) is 0 Å². The monoisotopic (exact) mass is 677 g/mol. The summed E-state index contributed by atoms with van der Waals surface area (Å²) in [6, 6.07) is 37.9. The summed E-state index contributed by atoms with van der Waals surface area (Å²) in [5.74, 6) is 0. The fourth-order valence-electron chi connectivity index (χ4n) is 6.05. The maximum atomic E-state index is 5.21. The van der Waals surface area contributed by atoms with Crippen LogP contribution < -0.4 is 9.97 Å². The number of aromatic nitrogens is 4. The molecule has 0 spiro atoms. The summed E-state index contributed by atoms with van der Waals surface area (Å²) in [7, 11) is 0. The van der Waals surface area contributed by atoms with Crippen molar-refractivity contribution in [3.63, 3.8) is 0 Å². The molecule has 4 nitrogen and oxygen atoms in total. The van der Waals surface area contributed by atoms with Crippen molar-refractivity contribution >= 4 is 87.2 Å². The van der Waals surface area contributed by atoms with Crippen molar-refractivity contribution in [2.45, 2.75) is 0 Å². The van der Waals surface area contributed by atoms with Crippen molar-refractivity contribution in [2.75, 3.05) is 0 Å². The van der Waals surface area contributed by atoms with Gasteiger partial charge in [-0.15, -0.1) is 22.1 Å². The first-order valence-electron chi connectivity index (χ1n) is 12.8. The molecular weight excluding hydrogens is 659 g/mol. The van der Waals surface area contributed by atoms with E-state index in [2.05, 4.69) is 109 Å². The van der Waals surface area contributed by atoms with Crippen LogP contribution in [0, 0.1) is 0 Å². The Morgan fingerprint density at radius 3 is 0.821 bits per heavy atom. The molecule has 9 rings (SSSR count). The molecule has 0 aliphatic rings. The molecule has 0 unspecified atom stereocenters. The minimum absolute atomic E-state index is 0. The molecule has 0 saturated heterocycles. The van der Waals surface area contributed by atoms with Crippen LogP contribution in [0.25, 0.3) is 87.2 Å². The van der Waals surface area contributed by atoms with Crippen LogP contribution in [0.15, 0.2) is 109 Å². The number of rotatable bonds is 0. The number of pyridine rings is 2. The zero-order valence-electron chi connectivity index (χ0n) is 20.5. The van der Waals surface area contributed by atoms with Gasteiger partial charge in [0.1, 0.15) is 0 Å². The third-order valence-corrected chi connectivity index (χ3v) is 7.77. The van der Waals surface area contributed by atoms with E-state index in [4.69, 9.17) is 19.9 Å². The molecule has 5 heterocycles. The van der Waals surface area contributed by atoms with Crippen molar-refractivity contribution in [3.05, 3.63) is 109 Å². The van der Waals surface area contributed by atoms with Gasteiger partial charge in [-0.05, 0) is 67.4 Å². The van der Waals surface area contributed by atoms with Crippen LogP contribution in [0.4, 0.5) is 0 Å². The fraction of sp³-hybridized carbons (Fsp3) is 0. The average Bonchev–Trinajstić information content (AvgIpc) is 3.55. The van der Waals surface area contributed by atoms with Crippen molar-refractivity contribution in [3.8, 4) is 0 Å². The summed E-state index contributed by atoms with van der Waals surface area (Å²) in [5, 5.41) is 8.60. The molecule has 9 aromatic rings. The molecule has 5 heteroatoms. The second-order valence-electron chi connectivity index (χ2n) is 9.85. The SMILES string of the molecule is [Pt+2].c1cc2nc(c1)c1cccc3c4cccc(c5cccc(n5)c5cccc6c7cccc2c7[n-]c56)c4[n-]c13. The van der Waals surface area contributed by atoms with Crippen LogP contribution in [0.3, 0.4) is 0 Å². The second kappa shape index (κ2) is 8.23. The van der Waals surface area contributed by atoms with Gasteiger partial charge in [0.2, 0.25) is 0 Å². The molecule has 0 aliphatic carbocycles. The number of para-hydroxylation sites is 4. The van der Waals surface area contributed by atoms with Gasteiger partial charge >= 0.3 is 21.1 Å². The van der Waals surface area contributed by atoms with Crippen LogP contribution in [-0.2, 0) is 21.1 Å². The van der Waals surface area contributed by atoms with Gasteiger partial charge in [0.05, 0.1) is 22.1 Å². The predicted molar refractivity (Wildman–Crippen MR) is 158 cm³/mol. The summed E-state index contributed by atoms with van der Waals surface area (Å²) >= 11 is 0. The Hall–Kier alpha value is -4.53. The first kappa shape index (κ1) is 22.5. The zero-order chi connectivity index (χ0) is 24.8. The van der Waals surface area contributed by atoms with Gasteiger partial charge in [-0.1, -0.05) is 84.9 Å². The van der Waals surface area contributed by atoms with E-state index in [0.717, 1.165) is 87.2 Å².